The Balaban J connectivity index is 2.82. The van der Waals surface area contributed by atoms with E-state index >= 15 is 0 Å². The van der Waals surface area contributed by atoms with Crippen LogP contribution in [-0.2, 0) is 9.59 Å². The number of primary amides is 1. The maximum atomic E-state index is 11.6. The van der Waals surface area contributed by atoms with Crippen LogP contribution in [0.2, 0.25) is 0 Å². The first-order chi connectivity index (χ1) is 8.04. The van der Waals surface area contributed by atoms with Crippen molar-refractivity contribution in [3.05, 3.63) is 28.9 Å². The second kappa shape index (κ2) is 5.94. The minimum atomic E-state index is -0.647. The van der Waals surface area contributed by atoms with E-state index in [1.165, 1.54) is 12.4 Å². The summed E-state index contributed by atoms with van der Waals surface area (Å²) in [6.07, 6.45) is 4.03. The zero-order valence-electron chi connectivity index (χ0n) is 8.68. The van der Waals surface area contributed by atoms with Crippen molar-refractivity contribution in [1.82, 2.24) is 15.3 Å². The fourth-order valence-electron chi connectivity index (χ4n) is 0.966. The van der Waals surface area contributed by atoms with Crippen LogP contribution in [0, 0.1) is 0 Å². The molecule has 1 heterocycles. The van der Waals surface area contributed by atoms with Crippen LogP contribution in [0.3, 0.4) is 0 Å². The van der Waals surface area contributed by atoms with E-state index in [1.54, 1.807) is 0 Å². The van der Waals surface area contributed by atoms with Crippen LogP contribution in [0.25, 0.3) is 5.57 Å². The normalized spacial score (nSPS) is 11.0. The molecule has 17 heavy (non-hydrogen) atoms. The monoisotopic (exact) mass is 299 g/mol. The third-order valence-corrected chi connectivity index (χ3v) is 2.11. The third-order valence-electron chi connectivity index (χ3n) is 1.70. The average molecular weight is 300 g/mol. The number of nitrogens with two attached hydrogens (primary N) is 2. The van der Waals surface area contributed by atoms with Gasteiger partial charge in [-0.15, -0.1) is 0 Å². The van der Waals surface area contributed by atoms with Crippen LogP contribution in [0.1, 0.15) is 5.82 Å². The number of carbonyl (C=O) groups excluding carboxylic acids is 2. The summed E-state index contributed by atoms with van der Waals surface area (Å²) in [4.78, 5) is 29.9. The lowest BCUT2D eigenvalue weighted by atomic mass is 10.2. The van der Waals surface area contributed by atoms with Crippen LogP contribution >= 0.6 is 15.9 Å². The lowest BCUT2D eigenvalue weighted by molar-refractivity contribution is -0.121. The predicted octanol–water partition coefficient (Wildman–Crippen LogP) is -0.860. The highest BCUT2D eigenvalue weighted by Crippen LogP contribution is 2.10. The van der Waals surface area contributed by atoms with Crippen molar-refractivity contribution in [3.63, 3.8) is 0 Å². The zero-order valence-corrected chi connectivity index (χ0v) is 10.3. The minimum absolute atomic E-state index is 0.0683. The van der Waals surface area contributed by atoms with E-state index in [0.29, 0.717) is 4.47 Å². The van der Waals surface area contributed by atoms with Gasteiger partial charge in [0.25, 0.3) is 5.91 Å². The van der Waals surface area contributed by atoms with E-state index in [9.17, 15) is 9.59 Å². The van der Waals surface area contributed by atoms with E-state index in [0.717, 1.165) is 6.20 Å². The van der Waals surface area contributed by atoms with Crippen molar-refractivity contribution < 1.29 is 9.59 Å². The first-order valence-corrected chi connectivity index (χ1v) is 5.30. The van der Waals surface area contributed by atoms with E-state index in [4.69, 9.17) is 11.5 Å². The smallest absolute Gasteiger partial charge is 0.257 e. The molecule has 0 aliphatic heterocycles. The number of aromatic nitrogens is 2. The minimum Gasteiger partial charge on any atom is -0.404 e. The van der Waals surface area contributed by atoms with Crippen LogP contribution in [0.15, 0.2) is 23.1 Å². The van der Waals surface area contributed by atoms with Crippen molar-refractivity contribution in [2.75, 3.05) is 6.54 Å². The fourth-order valence-corrected chi connectivity index (χ4v) is 1.17. The molecule has 7 nitrogen and oxygen atoms in total. The first kappa shape index (κ1) is 13.1. The molecule has 0 saturated carbocycles. The molecule has 1 rings (SSSR count). The molecule has 0 saturated heterocycles. The number of carbonyl (C=O) groups is 2. The number of amides is 2. The van der Waals surface area contributed by atoms with Gasteiger partial charge in [0.05, 0.1) is 16.6 Å². The van der Waals surface area contributed by atoms with E-state index in [-0.39, 0.29) is 17.9 Å². The predicted molar refractivity (Wildman–Crippen MR) is 64.1 cm³/mol. The zero-order chi connectivity index (χ0) is 12.8. The van der Waals surface area contributed by atoms with Crippen LogP contribution in [0.5, 0.6) is 0 Å². The van der Waals surface area contributed by atoms with Gasteiger partial charge in [-0.3, -0.25) is 9.59 Å². The van der Waals surface area contributed by atoms with Crippen molar-refractivity contribution in [3.8, 4) is 0 Å². The molecule has 90 valence electrons. The molecule has 0 aromatic carbocycles. The number of hydrogen-bond acceptors (Lipinski definition) is 5. The third kappa shape index (κ3) is 3.83. The highest BCUT2D eigenvalue weighted by atomic mass is 79.9. The lowest BCUT2D eigenvalue weighted by Crippen LogP contribution is -2.34. The molecule has 0 aliphatic rings. The summed E-state index contributed by atoms with van der Waals surface area (Å²) in [6.45, 7) is -0.271. The molecule has 2 amide bonds. The number of rotatable bonds is 4. The number of nitrogens with one attached hydrogen (secondary N) is 1. The molecule has 5 N–H and O–H groups in total. The highest BCUT2D eigenvalue weighted by Gasteiger charge is 2.14. The van der Waals surface area contributed by atoms with E-state index in [2.05, 4.69) is 31.2 Å². The van der Waals surface area contributed by atoms with Gasteiger partial charge in [0.1, 0.15) is 0 Å². The summed E-state index contributed by atoms with van der Waals surface area (Å²) in [5, 5.41) is 2.29. The Bertz CT molecular complexity index is 457. The first-order valence-electron chi connectivity index (χ1n) is 4.51. The number of halogens is 1. The largest absolute Gasteiger partial charge is 0.404 e. The van der Waals surface area contributed by atoms with Gasteiger partial charge in [-0.25, -0.2) is 9.97 Å². The second-order valence-electron chi connectivity index (χ2n) is 2.95. The molecule has 0 unspecified atom stereocenters. The van der Waals surface area contributed by atoms with Crippen LogP contribution < -0.4 is 16.8 Å². The Morgan fingerprint density at radius 3 is 2.47 bits per heavy atom. The number of hydrogen-bond donors (Lipinski definition) is 3. The maximum Gasteiger partial charge on any atom is 0.257 e. The number of nitrogens with zero attached hydrogens (tertiary/aromatic N) is 2. The molecule has 1 aromatic heterocycles. The van der Waals surface area contributed by atoms with Crippen molar-refractivity contribution in [2.45, 2.75) is 0 Å². The molecule has 8 heteroatoms. The molecule has 0 radical (unpaired) electrons. The summed E-state index contributed by atoms with van der Waals surface area (Å²) in [5.41, 5.74) is 10.3. The molecule has 0 bridgehead atoms. The van der Waals surface area contributed by atoms with Gasteiger partial charge >= 0.3 is 0 Å². The summed E-state index contributed by atoms with van der Waals surface area (Å²) >= 11 is 3.17. The summed E-state index contributed by atoms with van der Waals surface area (Å²) in [6, 6.07) is 0. The maximum absolute atomic E-state index is 11.6. The standard InChI is InChI=1S/C9H10BrN5O2/c10-5-2-13-8(14-3-5)6(1-11)9(17)15-4-7(12)16/h1-3H,4,11H2,(H2,12,16)(H,15,17)/b6-1+. The molecular formula is C9H10BrN5O2. The molecule has 1 aromatic rings. The Morgan fingerprint density at radius 2 is 2.00 bits per heavy atom. The molecule has 0 aliphatic carbocycles. The van der Waals surface area contributed by atoms with Crippen LogP contribution in [0.4, 0.5) is 0 Å². The second-order valence-corrected chi connectivity index (χ2v) is 3.87. The van der Waals surface area contributed by atoms with Crippen molar-refractivity contribution in [1.29, 1.82) is 0 Å². The van der Waals surface area contributed by atoms with Crippen molar-refractivity contribution >= 4 is 33.3 Å². The Labute approximate surface area is 105 Å². The topological polar surface area (TPSA) is 124 Å². The van der Waals surface area contributed by atoms with Gasteiger partial charge in [-0.2, -0.15) is 0 Å². The van der Waals surface area contributed by atoms with Crippen molar-refractivity contribution in [2.24, 2.45) is 11.5 Å². The van der Waals surface area contributed by atoms with E-state index in [1.807, 2.05) is 0 Å². The van der Waals surface area contributed by atoms with Gasteiger partial charge in [-0.05, 0) is 15.9 Å². The summed E-state index contributed by atoms with van der Waals surface area (Å²) in [7, 11) is 0. The van der Waals surface area contributed by atoms with E-state index < -0.39 is 11.8 Å². The Hall–Kier alpha value is -1.96. The van der Waals surface area contributed by atoms with Crippen LogP contribution in [-0.4, -0.2) is 28.3 Å². The van der Waals surface area contributed by atoms with Gasteiger partial charge < -0.3 is 16.8 Å². The summed E-state index contributed by atoms with van der Waals surface area (Å²) < 4.78 is 0.676. The molecule has 0 fully saturated rings. The fraction of sp³-hybridized carbons (Fsp3) is 0.111. The Kier molecular flexibility index (Phi) is 4.58. The molecular weight excluding hydrogens is 290 g/mol. The summed E-state index contributed by atoms with van der Waals surface area (Å²) in [5.74, 6) is -1.04. The van der Waals surface area contributed by atoms with Gasteiger partial charge in [0.2, 0.25) is 5.91 Å². The SMILES string of the molecule is N/C=C(/C(=O)NCC(N)=O)c1ncc(Br)cn1. The lowest BCUT2D eigenvalue weighted by Gasteiger charge is -2.05. The average Bonchev–Trinajstić information content (AvgIpc) is 2.30. The van der Waals surface area contributed by atoms with Gasteiger partial charge in [0, 0.05) is 18.6 Å². The Morgan fingerprint density at radius 1 is 1.41 bits per heavy atom. The molecule has 0 atom stereocenters. The highest BCUT2D eigenvalue weighted by molar-refractivity contribution is 9.10. The quantitative estimate of drug-likeness (QED) is 0.624. The molecule has 0 spiro atoms. The van der Waals surface area contributed by atoms with Gasteiger partial charge in [0.15, 0.2) is 5.82 Å². The van der Waals surface area contributed by atoms with Gasteiger partial charge in [-0.1, -0.05) is 0 Å².